The first-order valence-corrected chi connectivity index (χ1v) is 7.41. The Morgan fingerprint density at radius 3 is 2.53 bits per heavy atom. The molecular weight excluding hydrogens is 323 g/mol. The summed E-state index contributed by atoms with van der Waals surface area (Å²) in [7, 11) is 1.71. The van der Waals surface area contributed by atoms with Crippen LogP contribution >= 0.6 is 39.1 Å². The van der Waals surface area contributed by atoms with Crippen LogP contribution in [-0.2, 0) is 10.2 Å². The summed E-state index contributed by atoms with van der Waals surface area (Å²) in [4.78, 5) is 0. The fourth-order valence-corrected chi connectivity index (χ4v) is 3.10. The summed E-state index contributed by atoms with van der Waals surface area (Å²) in [6, 6.07) is 8.20. The Morgan fingerprint density at radius 2 is 2.00 bits per heavy atom. The Hall–Kier alpha value is 0.240. The van der Waals surface area contributed by atoms with Gasteiger partial charge in [0.2, 0.25) is 0 Å². The van der Waals surface area contributed by atoms with E-state index in [1.165, 1.54) is 5.56 Å². The van der Waals surface area contributed by atoms with Gasteiger partial charge < -0.3 is 4.74 Å². The van der Waals surface area contributed by atoms with E-state index in [1.54, 1.807) is 7.11 Å². The lowest BCUT2D eigenvalue weighted by Gasteiger charge is -2.30. The van der Waals surface area contributed by atoms with Crippen molar-refractivity contribution in [3.8, 4) is 0 Å². The highest BCUT2D eigenvalue weighted by Crippen LogP contribution is 2.33. The molecule has 0 atom stereocenters. The molecule has 0 amide bonds. The van der Waals surface area contributed by atoms with Gasteiger partial charge in [-0.3, -0.25) is 0 Å². The standard InChI is InChI=1S/C13H17BrCl2O/c1-17-7-3-6-13(9-15,10-16)11-4-2-5-12(14)8-11/h2,4-5,8H,3,6-7,9-10H2,1H3. The monoisotopic (exact) mass is 338 g/mol. The number of ether oxygens (including phenoxy) is 1. The minimum Gasteiger partial charge on any atom is -0.385 e. The lowest BCUT2D eigenvalue weighted by Crippen LogP contribution is -2.31. The van der Waals surface area contributed by atoms with Gasteiger partial charge in [0, 0.05) is 35.4 Å². The summed E-state index contributed by atoms with van der Waals surface area (Å²) in [6.07, 6.45) is 1.90. The van der Waals surface area contributed by atoms with E-state index in [2.05, 4.69) is 28.1 Å². The number of methoxy groups -OCH3 is 1. The molecule has 0 aliphatic heterocycles. The Labute approximate surface area is 122 Å². The molecule has 1 rings (SSSR count). The summed E-state index contributed by atoms with van der Waals surface area (Å²) >= 11 is 15.8. The van der Waals surface area contributed by atoms with Crippen LogP contribution in [-0.4, -0.2) is 25.5 Å². The number of rotatable bonds is 7. The van der Waals surface area contributed by atoms with Crippen LogP contribution in [0.15, 0.2) is 28.7 Å². The maximum atomic E-state index is 6.15. The van der Waals surface area contributed by atoms with Crippen molar-refractivity contribution in [1.29, 1.82) is 0 Å². The maximum absolute atomic E-state index is 6.15. The third-order valence-corrected chi connectivity index (χ3v) is 4.47. The second kappa shape index (κ2) is 7.63. The largest absolute Gasteiger partial charge is 0.385 e. The summed E-state index contributed by atoms with van der Waals surface area (Å²) in [6.45, 7) is 0.740. The summed E-state index contributed by atoms with van der Waals surface area (Å²) in [5.41, 5.74) is 1.03. The first-order valence-electron chi connectivity index (χ1n) is 5.55. The third kappa shape index (κ3) is 4.13. The molecule has 0 aromatic heterocycles. The van der Waals surface area contributed by atoms with Crippen LogP contribution in [0.1, 0.15) is 18.4 Å². The quantitative estimate of drug-likeness (QED) is 0.521. The van der Waals surface area contributed by atoms with Gasteiger partial charge in [0.1, 0.15) is 0 Å². The zero-order valence-electron chi connectivity index (χ0n) is 9.89. The summed E-state index contributed by atoms with van der Waals surface area (Å²) in [5.74, 6) is 1.05. The Balaban J connectivity index is 2.89. The molecule has 0 radical (unpaired) electrons. The van der Waals surface area contributed by atoms with Gasteiger partial charge in [-0.1, -0.05) is 28.1 Å². The van der Waals surface area contributed by atoms with Crippen LogP contribution in [0.4, 0.5) is 0 Å². The van der Waals surface area contributed by atoms with Crippen LogP contribution in [0.5, 0.6) is 0 Å². The molecule has 1 nitrogen and oxygen atoms in total. The maximum Gasteiger partial charge on any atom is 0.0462 e. The first-order chi connectivity index (χ1) is 8.18. The molecule has 1 aromatic carbocycles. The molecule has 0 unspecified atom stereocenters. The van der Waals surface area contributed by atoms with E-state index in [1.807, 2.05) is 12.1 Å². The number of benzene rings is 1. The molecule has 0 bridgehead atoms. The van der Waals surface area contributed by atoms with Crippen LogP contribution in [0.3, 0.4) is 0 Å². The first kappa shape index (κ1) is 15.3. The zero-order valence-corrected chi connectivity index (χ0v) is 13.0. The lowest BCUT2D eigenvalue weighted by molar-refractivity contribution is 0.186. The molecule has 0 aliphatic carbocycles. The van der Waals surface area contributed by atoms with E-state index >= 15 is 0 Å². The number of alkyl halides is 2. The van der Waals surface area contributed by atoms with Crippen LogP contribution in [0.25, 0.3) is 0 Å². The van der Waals surface area contributed by atoms with Crippen molar-refractivity contribution in [1.82, 2.24) is 0 Å². The fourth-order valence-electron chi connectivity index (χ4n) is 1.84. The molecule has 4 heteroatoms. The van der Waals surface area contributed by atoms with Crippen molar-refractivity contribution >= 4 is 39.1 Å². The van der Waals surface area contributed by atoms with Crippen molar-refractivity contribution in [2.75, 3.05) is 25.5 Å². The van der Waals surface area contributed by atoms with E-state index in [0.717, 1.165) is 23.9 Å². The number of hydrogen-bond acceptors (Lipinski definition) is 1. The predicted molar refractivity (Wildman–Crippen MR) is 78.4 cm³/mol. The summed E-state index contributed by atoms with van der Waals surface area (Å²) in [5, 5.41) is 0. The molecule has 17 heavy (non-hydrogen) atoms. The average Bonchev–Trinajstić information content (AvgIpc) is 2.35. The molecule has 0 N–H and O–H groups in total. The Morgan fingerprint density at radius 1 is 1.29 bits per heavy atom. The van der Waals surface area contributed by atoms with Gasteiger partial charge in [-0.15, -0.1) is 23.2 Å². The van der Waals surface area contributed by atoms with Crippen molar-refractivity contribution in [2.45, 2.75) is 18.3 Å². The molecule has 0 aliphatic rings. The molecule has 96 valence electrons. The minimum absolute atomic E-state index is 0.161. The minimum atomic E-state index is -0.161. The lowest BCUT2D eigenvalue weighted by atomic mass is 9.80. The van der Waals surface area contributed by atoms with Gasteiger partial charge in [0.25, 0.3) is 0 Å². The molecule has 0 saturated heterocycles. The van der Waals surface area contributed by atoms with Crippen LogP contribution in [0, 0.1) is 0 Å². The van der Waals surface area contributed by atoms with E-state index < -0.39 is 0 Å². The molecule has 0 heterocycles. The molecule has 0 saturated carbocycles. The van der Waals surface area contributed by atoms with E-state index in [-0.39, 0.29) is 5.41 Å². The second-order valence-electron chi connectivity index (χ2n) is 4.15. The Kier molecular flexibility index (Phi) is 6.86. The number of hydrogen-bond donors (Lipinski definition) is 0. The zero-order chi connectivity index (χ0) is 12.7. The van der Waals surface area contributed by atoms with E-state index in [0.29, 0.717) is 11.8 Å². The van der Waals surface area contributed by atoms with Crippen molar-refractivity contribution in [2.24, 2.45) is 0 Å². The van der Waals surface area contributed by atoms with E-state index in [4.69, 9.17) is 27.9 Å². The van der Waals surface area contributed by atoms with Crippen LogP contribution < -0.4 is 0 Å². The Bertz CT molecular complexity index is 340. The fraction of sp³-hybridized carbons (Fsp3) is 0.538. The SMILES string of the molecule is COCCCC(CCl)(CCl)c1cccc(Br)c1. The van der Waals surface area contributed by atoms with Gasteiger partial charge >= 0.3 is 0 Å². The molecule has 0 fully saturated rings. The van der Waals surface area contributed by atoms with Gasteiger partial charge in [0.15, 0.2) is 0 Å². The van der Waals surface area contributed by atoms with E-state index in [9.17, 15) is 0 Å². The van der Waals surface area contributed by atoms with Crippen molar-refractivity contribution < 1.29 is 4.74 Å². The van der Waals surface area contributed by atoms with Gasteiger partial charge in [-0.05, 0) is 30.5 Å². The highest BCUT2D eigenvalue weighted by molar-refractivity contribution is 9.10. The normalized spacial score (nSPS) is 11.8. The van der Waals surface area contributed by atoms with Gasteiger partial charge in [-0.25, -0.2) is 0 Å². The molecular formula is C13H17BrCl2O. The predicted octanol–water partition coefficient (Wildman–Crippen LogP) is 4.59. The topological polar surface area (TPSA) is 9.23 Å². The molecule has 1 aromatic rings. The summed E-state index contributed by atoms with van der Waals surface area (Å²) < 4.78 is 6.15. The average molecular weight is 340 g/mol. The number of halogens is 3. The van der Waals surface area contributed by atoms with Crippen LogP contribution in [0.2, 0.25) is 0 Å². The third-order valence-electron chi connectivity index (χ3n) is 2.95. The second-order valence-corrected chi connectivity index (χ2v) is 5.60. The highest BCUT2D eigenvalue weighted by atomic mass is 79.9. The van der Waals surface area contributed by atoms with Gasteiger partial charge in [0.05, 0.1) is 0 Å². The van der Waals surface area contributed by atoms with Gasteiger partial charge in [-0.2, -0.15) is 0 Å². The smallest absolute Gasteiger partial charge is 0.0462 e. The van der Waals surface area contributed by atoms with Crippen molar-refractivity contribution in [3.63, 3.8) is 0 Å². The highest BCUT2D eigenvalue weighted by Gasteiger charge is 2.30. The van der Waals surface area contributed by atoms with Crippen molar-refractivity contribution in [3.05, 3.63) is 34.3 Å². The molecule has 0 spiro atoms.